The third kappa shape index (κ3) is 5.61. The van der Waals surface area contributed by atoms with Crippen LogP contribution >= 0.6 is 12.6 Å². The molecule has 0 unspecified atom stereocenters. The second-order valence-electron chi connectivity index (χ2n) is 17.0. The molecule has 1 aromatic heterocycles. The molecule has 1 nitrogen and oxygen atoms in total. The quantitative estimate of drug-likeness (QED) is 0.135. The monoisotopic (exact) mass is 743 g/mol. The predicted molar refractivity (Wildman–Crippen MR) is 248 cm³/mol. The highest BCUT2D eigenvalue weighted by Crippen LogP contribution is 2.41. The first-order valence-electron chi connectivity index (χ1n) is 20.0. The van der Waals surface area contributed by atoms with E-state index in [1.165, 1.54) is 138 Å². The second-order valence-corrected chi connectivity index (χ2v) is 17.6. The molecule has 7 aromatic carbocycles. The number of aromatic nitrogens is 1. The lowest BCUT2D eigenvalue weighted by Gasteiger charge is -2.30. The lowest BCUT2D eigenvalue weighted by molar-refractivity contribution is 1.19. The van der Waals surface area contributed by atoms with Crippen molar-refractivity contribution in [3.05, 3.63) is 158 Å². The van der Waals surface area contributed by atoms with Gasteiger partial charge in [-0.3, -0.25) is 0 Å². The highest BCUT2D eigenvalue weighted by atomic mass is 32.1. The summed E-state index contributed by atoms with van der Waals surface area (Å²) in [7, 11) is 0. The number of nitrogens with zero attached hydrogens (tertiary/aromatic N) is 1. The van der Waals surface area contributed by atoms with Crippen LogP contribution in [0, 0.1) is 76.2 Å². The molecule has 8 aromatic rings. The minimum absolute atomic E-state index is 0.0432. The molecule has 0 bridgehead atoms. The molecule has 0 N–H and O–H groups in total. The smallest absolute Gasteiger partial charge is 0.247 e. The number of hydrogen-bond acceptors (Lipinski definition) is 1. The summed E-state index contributed by atoms with van der Waals surface area (Å²) < 4.78 is 2.59. The lowest BCUT2D eigenvalue weighted by atomic mass is 9.34. The maximum Gasteiger partial charge on any atom is 0.247 e. The summed E-state index contributed by atoms with van der Waals surface area (Å²) in [6, 6.07) is 38.0. The van der Waals surface area contributed by atoms with E-state index in [1.54, 1.807) is 0 Å². The number of aryl methyl sites for hydroxylation is 11. The molecule has 0 saturated heterocycles. The molecule has 276 valence electrons. The average molecular weight is 744 g/mol. The minimum atomic E-state index is 0.0432. The third-order valence-corrected chi connectivity index (χ3v) is 12.8. The van der Waals surface area contributed by atoms with E-state index in [4.69, 9.17) is 12.6 Å². The molecule has 0 amide bonds. The van der Waals surface area contributed by atoms with Crippen LogP contribution in [0.25, 0.3) is 60.9 Å². The Hall–Kier alpha value is -5.25. The fourth-order valence-corrected chi connectivity index (χ4v) is 11.3. The Morgan fingerprint density at radius 2 is 0.839 bits per heavy atom. The van der Waals surface area contributed by atoms with Crippen molar-refractivity contribution in [2.45, 2.75) is 81.1 Å². The number of fused-ring (bicyclic) bond motifs is 5. The number of thiol groups is 1. The molecule has 1 aliphatic rings. The van der Waals surface area contributed by atoms with E-state index in [-0.39, 0.29) is 6.71 Å². The molecular formula is C53H50BNS. The van der Waals surface area contributed by atoms with Gasteiger partial charge >= 0.3 is 0 Å². The Bertz CT molecular complexity index is 2900. The molecule has 9 rings (SSSR count). The molecule has 2 heterocycles. The Balaban J connectivity index is 1.45. The van der Waals surface area contributed by atoms with E-state index in [0.717, 1.165) is 4.90 Å². The van der Waals surface area contributed by atoms with Gasteiger partial charge in [0.25, 0.3) is 0 Å². The number of benzene rings is 7. The van der Waals surface area contributed by atoms with Gasteiger partial charge in [0.05, 0.1) is 5.52 Å². The van der Waals surface area contributed by atoms with E-state index >= 15 is 0 Å². The van der Waals surface area contributed by atoms with E-state index in [1.807, 2.05) is 0 Å². The summed E-state index contributed by atoms with van der Waals surface area (Å²) in [6.45, 7) is 24.8. The normalized spacial score (nSPS) is 12.2. The van der Waals surface area contributed by atoms with Crippen molar-refractivity contribution in [3.8, 4) is 39.1 Å². The van der Waals surface area contributed by atoms with Crippen molar-refractivity contribution in [3.63, 3.8) is 0 Å². The van der Waals surface area contributed by atoms with Gasteiger partial charge in [0.1, 0.15) is 0 Å². The average Bonchev–Trinajstić information content (AvgIpc) is 3.42. The lowest BCUT2D eigenvalue weighted by Crippen LogP contribution is -2.57. The third-order valence-electron chi connectivity index (χ3n) is 12.5. The van der Waals surface area contributed by atoms with Gasteiger partial charge in [-0.1, -0.05) is 93.9 Å². The molecular weight excluding hydrogens is 693 g/mol. The second kappa shape index (κ2) is 13.2. The van der Waals surface area contributed by atoms with E-state index in [0.29, 0.717) is 0 Å². The molecule has 0 radical (unpaired) electrons. The van der Waals surface area contributed by atoms with Crippen LogP contribution in [0.15, 0.2) is 102 Å². The van der Waals surface area contributed by atoms with Crippen molar-refractivity contribution in [1.82, 2.24) is 4.57 Å². The van der Waals surface area contributed by atoms with Crippen molar-refractivity contribution < 1.29 is 0 Å². The molecule has 3 heteroatoms. The van der Waals surface area contributed by atoms with Crippen LogP contribution in [-0.4, -0.2) is 11.3 Å². The van der Waals surface area contributed by atoms with Crippen LogP contribution in [0.1, 0.15) is 61.2 Å². The van der Waals surface area contributed by atoms with Gasteiger partial charge in [-0.2, -0.15) is 0 Å². The number of rotatable bonds is 4. The zero-order chi connectivity index (χ0) is 39.5. The van der Waals surface area contributed by atoms with Crippen LogP contribution < -0.4 is 16.4 Å². The first-order chi connectivity index (χ1) is 26.7. The SMILES string of the molecule is Cc1cc(C)c(B2c3cc(-c4c(C)cc(S)cc4C)ccc3-n3c4ccc(-c5c(C)cc(C)cc5C)cc4c4cc(-c5c(C)cc(C)cc5C)cc2c43)c(C)c1. The first kappa shape index (κ1) is 36.4. The molecule has 0 spiro atoms. The summed E-state index contributed by atoms with van der Waals surface area (Å²) in [5.41, 5.74) is 30.1. The van der Waals surface area contributed by atoms with Crippen LogP contribution in [-0.2, 0) is 0 Å². The maximum atomic E-state index is 4.74. The van der Waals surface area contributed by atoms with Crippen LogP contribution in [0.3, 0.4) is 0 Å². The summed E-state index contributed by atoms with van der Waals surface area (Å²) >= 11 is 4.74. The summed E-state index contributed by atoms with van der Waals surface area (Å²) in [4.78, 5) is 1.00. The fourth-order valence-electron chi connectivity index (χ4n) is 10.9. The van der Waals surface area contributed by atoms with Crippen molar-refractivity contribution in [2.24, 2.45) is 0 Å². The van der Waals surface area contributed by atoms with Gasteiger partial charge in [0.2, 0.25) is 6.71 Å². The van der Waals surface area contributed by atoms with Gasteiger partial charge in [0.15, 0.2) is 0 Å². The van der Waals surface area contributed by atoms with E-state index in [2.05, 4.69) is 178 Å². The zero-order valence-electron chi connectivity index (χ0n) is 34.7. The Morgan fingerprint density at radius 1 is 0.411 bits per heavy atom. The molecule has 0 atom stereocenters. The van der Waals surface area contributed by atoms with Crippen LogP contribution in [0.2, 0.25) is 0 Å². The minimum Gasteiger partial charge on any atom is -0.310 e. The summed E-state index contributed by atoms with van der Waals surface area (Å²) in [6.07, 6.45) is 0. The Morgan fingerprint density at radius 3 is 1.39 bits per heavy atom. The Labute approximate surface area is 338 Å². The van der Waals surface area contributed by atoms with E-state index in [9.17, 15) is 0 Å². The van der Waals surface area contributed by atoms with Crippen molar-refractivity contribution in [1.29, 1.82) is 0 Å². The molecule has 1 aliphatic heterocycles. The van der Waals surface area contributed by atoms with Gasteiger partial charge in [0, 0.05) is 26.9 Å². The van der Waals surface area contributed by atoms with Crippen molar-refractivity contribution >= 4 is 57.5 Å². The molecule has 0 fully saturated rings. The number of hydrogen-bond donors (Lipinski definition) is 1. The van der Waals surface area contributed by atoms with Gasteiger partial charge in [-0.15, -0.1) is 12.6 Å². The largest absolute Gasteiger partial charge is 0.310 e. The molecule has 56 heavy (non-hydrogen) atoms. The van der Waals surface area contributed by atoms with Crippen molar-refractivity contribution in [2.75, 3.05) is 0 Å². The van der Waals surface area contributed by atoms with Crippen LogP contribution in [0.5, 0.6) is 0 Å². The van der Waals surface area contributed by atoms with E-state index < -0.39 is 0 Å². The predicted octanol–water partition coefficient (Wildman–Crippen LogP) is 12.3. The highest BCUT2D eigenvalue weighted by molar-refractivity contribution is 7.80. The van der Waals surface area contributed by atoms with Gasteiger partial charge in [-0.25, -0.2) is 0 Å². The Kier molecular flexibility index (Phi) is 8.56. The fraction of sp³-hybridized carbons (Fsp3) is 0.208. The topological polar surface area (TPSA) is 4.93 Å². The summed E-state index contributed by atoms with van der Waals surface area (Å²) in [5, 5.41) is 2.61. The zero-order valence-corrected chi connectivity index (χ0v) is 35.6. The highest BCUT2D eigenvalue weighted by Gasteiger charge is 2.36. The molecule has 0 aliphatic carbocycles. The van der Waals surface area contributed by atoms with Gasteiger partial charge < -0.3 is 4.57 Å². The van der Waals surface area contributed by atoms with Crippen LogP contribution in [0.4, 0.5) is 0 Å². The maximum absolute atomic E-state index is 4.74. The first-order valence-corrected chi connectivity index (χ1v) is 20.5. The standard InChI is InChI=1S/C53H50BNS/c1-28-16-31(4)49(32(5)17-28)39-12-14-47-43(24-39)44-25-41(51-33(6)18-29(2)19-34(51)7)27-46-53(44)55(47)48-15-13-40(50-35(8)22-42(56)23-36(50)9)26-45(48)54(46)52-37(10)20-30(3)21-38(52)11/h12-27,56H,1-11H3. The molecule has 0 saturated carbocycles. The van der Waals surface area contributed by atoms with Gasteiger partial charge in [-0.05, 0) is 190 Å². The summed E-state index contributed by atoms with van der Waals surface area (Å²) in [5.74, 6) is 0.